The smallest absolute Gasteiger partial charge is 0.357 e. The Kier molecular flexibility index (Phi) is 6.36. The van der Waals surface area contributed by atoms with E-state index in [1.54, 1.807) is 12.3 Å². The van der Waals surface area contributed by atoms with Gasteiger partial charge in [-0.2, -0.15) is 5.10 Å². The quantitative estimate of drug-likeness (QED) is 0.563. The topological polar surface area (TPSA) is 95.3 Å². The Labute approximate surface area is 182 Å². The molecule has 2 aliphatic rings. The number of carbonyl (C=O) groups is 2. The molecule has 0 aromatic carbocycles. The number of rotatable bonds is 6. The molecule has 1 saturated heterocycles. The molecule has 166 valence electrons. The van der Waals surface area contributed by atoms with E-state index >= 15 is 0 Å². The van der Waals surface area contributed by atoms with Crippen LogP contribution in [0.1, 0.15) is 64.0 Å². The van der Waals surface area contributed by atoms with Gasteiger partial charge in [-0.3, -0.25) is 9.48 Å². The van der Waals surface area contributed by atoms with Crippen molar-refractivity contribution in [2.75, 3.05) is 26.4 Å². The Morgan fingerprint density at radius 1 is 1.35 bits per heavy atom. The van der Waals surface area contributed by atoms with Crippen LogP contribution in [0, 0.1) is 12.3 Å². The SMILES string of the molecule is CCc1nn(CCCOC(=O)c2ncccc2C)c2c1C(=O)NCC1(CCOCC1)C2. The van der Waals surface area contributed by atoms with E-state index in [0.717, 1.165) is 55.0 Å². The summed E-state index contributed by atoms with van der Waals surface area (Å²) in [5.74, 6) is -0.439. The molecule has 4 rings (SSSR count). The molecule has 1 N–H and O–H groups in total. The second-order valence-corrected chi connectivity index (χ2v) is 8.48. The highest BCUT2D eigenvalue weighted by Gasteiger charge is 2.39. The van der Waals surface area contributed by atoms with Crippen LogP contribution in [0.5, 0.6) is 0 Å². The maximum Gasteiger partial charge on any atom is 0.357 e. The number of nitrogens with zero attached hydrogens (tertiary/aromatic N) is 3. The van der Waals surface area contributed by atoms with E-state index in [1.807, 2.05) is 24.6 Å². The molecule has 0 atom stereocenters. The van der Waals surface area contributed by atoms with E-state index < -0.39 is 5.97 Å². The van der Waals surface area contributed by atoms with Gasteiger partial charge in [0.15, 0.2) is 5.69 Å². The zero-order valence-electron chi connectivity index (χ0n) is 18.3. The molecule has 1 amide bonds. The second-order valence-electron chi connectivity index (χ2n) is 8.48. The van der Waals surface area contributed by atoms with Gasteiger partial charge in [0, 0.05) is 38.9 Å². The van der Waals surface area contributed by atoms with Crippen LogP contribution in [0.2, 0.25) is 0 Å². The van der Waals surface area contributed by atoms with E-state index in [9.17, 15) is 9.59 Å². The van der Waals surface area contributed by atoms with Crippen LogP contribution in [0.15, 0.2) is 18.3 Å². The zero-order valence-corrected chi connectivity index (χ0v) is 18.3. The van der Waals surface area contributed by atoms with Crippen molar-refractivity contribution in [1.82, 2.24) is 20.1 Å². The molecule has 2 aromatic heterocycles. The number of nitrogens with one attached hydrogen (secondary N) is 1. The third-order valence-corrected chi connectivity index (χ3v) is 6.36. The van der Waals surface area contributed by atoms with Crippen molar-refractivity contribution in [3.05, 3.63) is 46.5 Å². The van der Waals surface area contributed by atoms with Crippen molar-refractivity contribution in [2.45, 2.75) is 52.5 Å². The van der Waals surface area contributed by atoms with Gasteiger partial charge in [0.25, 0.3) is 5.91 Å². The first kappa shape index (κ1) is 21.5. The normalized spacial score (nSPS) is 17.7. The fourth-order valence-corrected chi connectivity index (χ4v) is 4.50. The minimum absolute atomic E-state index is 0.0188. The number of amides is 1. The van der Waals surface area contributed by atoms with Gasteiger partial charge in [0.2, 0.25) is 0 Å². The lowest BCUT2D eigenvalue weighted by molar-refractivity contribution is 0.0152. The van der Waals surface area contributed by atoms with Crippen LogP contribution >= 0.6 is 0 Å². The number of pyridine rings is 1. The van der Waals surface area contributed by atoms with Gasteiger partial charge in [0.05, 0.1) is 23.6 Å². The van der Waals surface area contributed by atoms with Gasteiger partial charge in [-0.05, 0) is 49.7 Å². The molecule has 0 bridgehead atoms. The summed E-state index contributed by atoms with van der Waals surface area (Å²) in [4.78, 5) is 29.2. The number of ether oxygens (including phenoxy) is 2. The van der Waals surface area contributed by atoms with Gasteiger partial charge in [-0.15, -0.1) is 0 Å². The number of hydrogen-bond donors (Lipinski definition) is 1. The molecule has 0 saturated carbocycles. The first-order valence-electron chi connectivity index (χ1n) is 11.1. The Bertz CT molecular complexity index is 962. The van der Waals surface area contributed by atoms with Gasteiger partial charge < -0.3 is 14.8 Å². The Hall–Kier alpha value is -2.74. The number of esters is 1. The summed E-state index contributed by atoms with van der Waals surface area (Å²) in [6.07, 6.45) is 5.58. The van der Waals surface area contributed by atoms with Crippen LogP contribution in [0.3, 0.4) is 0 Å². The van der Waals surface area contributed by atoms with E-state index in [1.165, 1.54) is 0 Å². The lowest BCUT2D eigenvalue weighted by atomic mass is 9.76. The minimum Gasteiger partial charge on any atom is -0.461 e. The average molecular weight is 427 g/mol. The summed E-state index contributed by atoms with van der Waals surface area (Å²) in [6.45, 7) is 6.85. The molecule has 2 aliphatic heterocycles. The summed E-state index contributed by atoms with van der Waals surface area (Å²) in [5.41, 5.74) is 3.72. The summed E-state index contributed by atoms with van der Waals surface area (Å²) >= 11 is 0. The summed E-state index contributed by atoms with van der Waals surface area (Å²) in [6, 6.07) is 3.63. The molecular formula is C23H30N4O4. The van der Waals surface area contributed by atoms with E-state index in [-0.39, 0.29) is 17.9 Å². The largest absolute Gasteiger partial charge is 0.461 e. The average Bonchev–Trinajstić information content (AvgIpc) is 3.06. The third-order valence-electron chi connectivity index (χ3n) is 6.36. The maximum absolute atomic E-state index is 12.9. The lowest BCUT2D eigenvalue weighted by Gasteiger charge is -2.36. The van der Waals surface area contributed by atoms with Gasteiger partial charge in [-0.1, -0.05) is 13.0 Å². The van der Waals surface area contributed by atoms with Crippen molar-refractivity contribution < 1.29 is 19.1 Å². The predicted octanol–water partition coefficient (Wildman–Crippen LogP) is 2.48. The van der Waals surface area contributed by atoms with E-state index in [0.29, 0.717) is 31.6 Å². The summed E-state index contributed by atoms with van der Waals surface area (Å²) in [7, 11) is 0. The maximum atomic E-state index is 12.9. The molecule has 1 spiro atoms. The molecule has 31 heavy (non-hydrogen) atoms. The Morgan fingerprint density at radius 3 is 2.90 bits per heavy atom. The zero-order chi connectivity index (χ0) is 21.8. The Balaban J connectivity index is 1.46. The molecule has 8 heteroatoms. The standard InChI is InChI=1S/C23H30N4O4/c1-3-17-19-18(14-23(15-25-21(19)28)7-12-30-13-8-23)27(26-17)10-5-11-31-22(29)20-16(2)6-4-9-24-20/h4,6,9H,3,5,7-8,10-15H2,1-2H3,(H,25,28). The fraction of sp³-hybridized carbons (Fsp3) is 0.565. The first-order chi connectivity index (χ1) is 15.0. The number of aryl methyl sites for hydroxylation is 3. The summed E-state index contributed by atoms with van der Waals surface area (Å²) in [5, 5.41) is 7.87. The molecule has 1 fully saturated rings. The monoisotopic (exact) mass is 426 g/mol. The molecule has 4 heterocycles. The van der Waals surface area contributed by atoms with Crippen LogP contribution in [0.4, 0.5) is 0 Å². The van der Waals surface area contributed by atoms with Crippen LogP contribution in [-0.2, 0) is 28.9 Å². The molecular weight excluding hydrogens is 396 g/mol. The Morgan fingerprint density at radius 2 is 2.16 bits per heavy atom. The number of hydrogen-bond acceptors (Lipinski definition) is 6. The molecule has 0 unspecified atom stereocenters. The van der Waals surface area contributed by atoms with Crippen molar-refractivity contribution in [3.8, 4) is 0 Å². The van der Waals surface area contributed by atoms with Gasteiger partial charge in [-0.25, -0.2) is 9.78 Å². The predicted molar refractivity (Wildman–Crippen MR) is 114 cm³/mol. The highest BCUT2D eigenvalue weighted by Crippen LogP contribution is 2.37. The van der Waals surface area contributed by atoms with Crippen molar-refractivity contribution in [3.63, 3.8) is 0 Å². The van der Waals surface area contributed by atoms with E-state index in [2.05, 4.69) is 10.3 Å². The fourth-order valence-electron chi connectivity index (χ4n) is 4.50. The number of aromatic nitrogens is 3. The third kappa shape index (κ3) is 4.49. The van der Waals surface area contributed by atoms with Gasteiger partial charge in [0.1, 0.15) is 0 Å². The highest BCUT2D eigenvalue weighted by atomic mass is 16.5. The second kappa shape index (κ2) is 9.18. The molecule has 0 aliphatic carbocycles. The molecule has 2 aromatic rings. The number of carbonyl (C=O) groups excluding carboxylic acids is 2. The summed E-state index contributed by atoms with van der Waals surface area (Å²) < 4.78 is 12.9. The molecule has 8 nitrogen and oxygen atoms in total. The van der Waals surface area contributed by atoms with Crippen molar-refractivity contribution in [1.29, 1.82) is 0 Å². The van der Waals surface area contributed by atoms with Gasteiger partial charge >= 0.3 is 5.97 Å². The first-order valence-corrected chi connectivity index (χ1v) is 11.1. The van der Waals surface area contributed by atoms with Crippen molar-refractivity contribution in [2.24, 2.45) is 5.41 Å². The lowest BCUT2D eigenvalue weighted by Crippen LogP contribution is -2.40. The van der Waals surface area contributed by atoms with Crippen LogP contribution in [-0.4, -0.2) is 53.0 Å². The highest BCUT2D eigenvalue weighted by molar-refractivity contribution is 5.97. The molecule has 0 radical (unpaired) electrons. The van der Waals surface area contributed by atoms with Crippen molar-refractivity contribution >= 4 is 11.9 Å². The minimum atomic E-state index is -0.410. The van der Waals surface area contributed by atoms with E-state index in [4.69, 9.17) is 14.6 Å². The number of fused-ring (bicyclic) bond motifs is 1. The van der Waals surface area contributed by atoms with Crippen LogP contribution in [0.25, 0.3) is 0 Å². The van der Waals surface area contributed by atoms with Crippen LogP contribution < -0.4 is 5.32 Å².